The van der Waals surface area contributed by atoms with E-state index in [9.17, 15) is 20.0 Å². The third kappa shape index (κ3) is 3.74. The van der Waals surface area contributed by atoms with Crippen LogP contribution in [0.4, 0.5) is 5.69 Å². The van der Waals surface area contributed by atoms with E-state index < -0.39 is 4.92 Å². The second-order valence-corrected chi connectivity index (χ2v) is 5.64. The molecular formula is C19H15N2O4-. The second kappa shape index (κ2) is 7.00. The average Bonchev–Trinajstić information content (AvgIpc) is 2.61. The van der Waals surface area contributed by atoms with Crippen LogP contribution < -0.4 is 10.4 Å². The Hall–Kier alpha value is -3.41. The van der Waals surface area contributed by atoms with Gasteiger partial charge in [-0.2, -0.15) is 0 Å². The first-order valence-electron chi connectivity index (χ1n) is 7.72. The number of hydrogen-bond donors (Lipinski definition) is 1. The number of fused-ring (bicyclic) bond motifs is 1. The maximum Gasteiger partial charge on any atom is 0.269 e. The van der Waals surface area contributed by atoms with Crippen LogP contribution in [0.25, 0.3) is 10.8 Å². The number of nitrogens with zero attached hydrogens (tertiary/aromatic N) is 1. The summed E-state index contributed by atoms with van der Waals surface area (Å²) in [7, 11) is 0. The molecule has 0 unspecified atom stereocenters. The van der Waals surface area contributed by atoms with Gasteiger partial charge in [-0.15, -0.1) is 5.75 Å². The van der Waals surface area contributed by atoms with Gasteiger partial charge in [0.15, 0.2) is 0 Å². The Morgan fingerprint density at radius 2 is 1.76 bits per heavy atom. The van der Waals surface area contributed by atoms with Gasteiger partial charge in [0.2, 0.25) is 5.91 Å². The number of nitrogens with one attached hydrogen (secondary N) is 1. The lowest BCUT2D eigenvalue weighted by Crippen LogP contribution is -2.25. The van der Waals surface area contributed by atoms with Crippen molar-refractivity contribution in [2.45, 2.75) is 13.0 Å². The van der Waals surface area contributed by atoms with Gasteiger partial charge in [-0.25, -0.2) is 0 Å². The van der Waals surface area contributed by atoms with Gasteiger partial charge in [0, 0.05) is 18.7 Å². The minimum Gasteiger partial charge on any atom is -0.872 e. The molecule has 126 valence electrons. The summed E-state index contributed by atoms with van der Waals surface area (Å²) in [4.78, 5) is 22.4. The Morgan fingerprint density at radius 1 is 1.00 bits per heavy atom. The molecule has 3 rings (SSSR count). The summed E-state index contributed by atoms with van der Waals surface area (Å²) < 4.78 is 0. The third-order valence-corrected chi connectivity index (χ3v) is 3.96. The van der Waals surface area contributed by atoms with E-state index in [-0.39, 0.29) is 35.9 Å². The molecule has 0 fully saturated rings. The van der Waals surface area contributed by atoms with E-state index in [4.69, 9.17) is 0 Å². The highest BCUT2D eigenvalue weighted by molar-refractivity contribution is 5.90. The standard InChI is InChI=1S/C19H16N2O4/c22-18-9-8-16(21(24)25)10-15(18)12-20-19(23)11-14-6-3-5-13-4-1-2-7-17(13)14/h1-10,22H,11-12H2,(H,20,23)/p-1. The van der Waals surface area contributed by atoms with Crippen molar-refractivity contribution in [3.8, 4) is 5.75 Å². The Labute approximate surface area is 143 Å². The van der Waals surface area contributed by atoms with Crippen molar-refractivity contribution in [1.82, 2.24) is 5.32 Å². The zero-order valence-electron chi connectivity index (χ0n) is 13.3. The number of nitro groups is 1. The van der Waals surface area contributed by atoms with E-state index in [1.807, 2.05) is 42.5 Å². The van der Waals surface area contributed by atoms with Crippen LogP contribution in [-0.4, -0.2) is 10.8 Å². The number of benzene rings is 3. The Bertz CT molecular complexity index is 948. The molecule has 0 atom stereocenters. The summed E-state index contributed by atoms with van der Waals surface area (Å²) >= 11 is 0. The number of carbonyl (C=O) groups excluding carboxylic acids is 1. The monoisotopic (exact) mass is 335 g/mol. The zero-order chi connectivity index (χ0) is 17.8. The summed E-state index contributed by atoms with van der Waals surface area (Å²) in [5.74, 6) is -0.585. The van der Waals surface area contributed by atoms with Gasteiger partial charge in [-0.1, -0.05) is 48.5 Å². The van der Waals surface area contributed by atoms with Crippen LogP contribution >= 0.6 is 0 Å². The van der Waals surface area contributed by atoms with Crippen molar-refractivity contribution in [2.24, 2.45) is 0 Å². The molecule has 0 saturated carbocycles. The van der Waals surface area contributed by atoms with Crippen molar-refractivity contribution < 1.29 is 14.8 Å². The van der Waals surface area contributed by atoms with Gasteiger partial charge < -0.3 is 10.4 Å². The Morgan fingerprint density at radius 3 is 2.56 bits per heavy atom. The molecule has 0 saturated heterocycles. The first-order valence-corrected chi connectivity index (χ1v) is 7.72. The number of non-ortho nitro benzene ring substituents is 1. The maximum atomic E-state index is 12.2. The van der Waals surface area contributed by atoms with Gasteiger partial charge in [0.1, 0.15) is 0 Å². The van der Waals surface area contributed by atoms with Gasteiger partial charge in [0.25, 0.3) is 5.69 Å². The van der Waals surface area contributed by atoms with Gasteiger partial charge in [0.05, 0.1) is 11.3 Å². The van der Waals surface area contributed by atoms with Gasteiger partial charge in [-0.3, -0.25) is 14.9 Å². The van der Waals surface area contributed by atoms with Crippen molar-refractivity contribution >= 4 is 22.4 Å². The molecule has 0 bridgehead atoms. The molecule has 0 spiro atoms. The normalized spacial score (nSPS) is 10.6. The summed E-state index contributed by atoms with van der Waals surface area (Å²) in [6, 6.07) is 17.0. The highest BCUT2D eigenvalue weighted by Crippen LogP contribution is 2.21. The van der Waals surface area contributed by atoms with E-state index in [0.717, 1.165) is 28.5 Å². The lowest BCUT2D eigenvalue weighted by Gasteiger charge is -2.14. The van der Waals surface area contributed by atoms with E-state index in [1.54, 1.807) is 0 Å². The summed E-state index contributed by atoms with van der Waals surface area (Å²) in [6.07, 6.45) is 0.171. The molecule has 0 aliphatic carbocycles. The van der Waals surface area contributed by atoms with E-state index in [1.165, 1.54) is 6.07 Å². The lowest BCUT2D eigenvalue weighted by atomic mass is 10.0. The van der Waals surface area contributed by atoms with Crippen LogP contribution in [0.2, 0.25) is 0 Å². The molecule has 0 aliphatic rings. The highest BCUT2D eigenvalue weighted by atomic mass is 16.6. The van der Waals surface area contributed by atoms with Crippen LogP contribution in [0.1, 0.15) is 11.1 Å². The van der Waals surface area contributed by atoms with Crippen molar-refractivity contribution in [1.29, 1.82) is 0 Å². The maximum absolute atomic E-state index is 12.2. The Kier molecular flexibility index (Phi) is 4.61. The molecule has 0 aliphatic heterocycles. The number of hydrogen-bond acceptors (Lipinski definition) is 4. The van der Waals surface area contributed by atoms with Crippen molar-refractivity contribution in [2.75, 3.05) is 0 Å². The Balaban J connectivity index is 1.71. The second-order valence-electron chi connectivity index (χ2n) is 5.64. The molecule has 0 aromatic heterocycles. The molecule has 0 heterocycles. The van der Waals surface area contributed by atoms with E-state index in [2.05, 4.69) is 5.32 Å². The van der Waals surface area contributed by atoms with Crippen LogP contribution in [0.5, 0.6) is 5.75 Å². The fourth-order valence-electron chi connectivity index (χ4n) is 2.69. The van der Waals surface area contributed by atoms with Crippen LogP contribution in [-0.2, 0) is 17.8 Å². The van der Waals surface area contributed by atoms with Crippen molar-refractivity contribution in [3.63, 3.8) is 0 Å². The lowest BCUT2D eigenvalue weighted by molar-refractivity contribution is -0.385. The fourth-order valence-corrected chi connectivity index (χ4v) is 2.69. The zero-order valence-corrected chi connectivity index (χ0v) is 13.3. The van der Waals surface area contributed by atoms with E-state index >= 15 is 0 Å². The fraction of sp³-hybridized carbons (Fsp3) is 0.105. The van der Waals surface area contributed by atoms with E-state index in [0.29, 0.717) is 0 Å². The third-order valence-electron chi connectivity index (χ3n) is 3.96. The predicted molar refractivity (Wildman–Crippen MR) is 92.0 cm³/mol. The minimum absolute atomic E-state index is 0.0376. The smallest absolute Gasteiger partial charge is 0.269 e. The molecule has 6 nitrogen and oxygen atoms in total. The van der Waals surface area contributed by atoms with Crippen LogP contribution in [0.3, 0.4) is 0 Å². The first-order chi connectivity index (χ1) is 12.0. The largest absolute Gasteiger partial charge is 0.872 e. The first kappa shape index (κ1) is 16.4. The topological polar surface area (TPSA) is 95.3 Å². The molecule has 6 heteroatoms. The molecule has 0 radical (unpaired) electrons. The molecule has 1 amide bonds. The summed E-state index contributed by atoms with van der Waals surface area (Å²) in [5, 5.41) is 27.3. The van der Waals surface area contributed by atoms with Crippen LogP contribution in [0.15, 0.2) is 60.7 Å². The van der Waals surface area contributed by atoms with Crippen molar-refractivity contribution in [3.05, 3.63) is 81.9 Å². The van der Waals surface area contributed by atoms with Gasteiger partial charge in [-0.05, 0) is 21.9 Å². The quantitative estimate of drug-likeness (QED) is 0.573. The molecule has 3 aromatic carbocycles. The SMILES string of the molecule is O=C(Cc1cccc2ccccc12)NCc1cc([N+](=O)[O-])ccc1[O-]. The molecule has 1 N–H and O–H groups in total. The summed E-state index contributed by atoms with van der Waals surface area (Å²) in [5.41, 5.74) is 0.912. The predicted octanol–water partition coefficient (Wildman–Crippen LogP) is 2.68. The summed E-state index contributed by atoms with van der Waals surface area (Å²) in [6.45, 7) is -0.0376. The average molecular weight is 335 g/mol. The molecular weight excluding hydrogens is 320 g/mol. The minimum atomic E-state index is -0.569. The number of rotatable bonds is 5. The number of carbonyl (C=O) groups is 1. The number of nitro benzene ring substituents is 1. The highest BCUT2D eigenvalue weighted by Gasteiger charge is 2.10. The molecule has 3 aromatic rings. The number of amides is 1. The molecule has 25 heavy (non-hydrogen) atoms. The van der Waals surface area contributed by atoms with Gasteiger partial charge >= 0.3 is 0 Å². The van der Waals surface area contributed by atoms with Crippen LogP contribution in [0, 0.1) is 10.1 Å².